The van der Waals surface area contributed by atoms with Gasteiger partial charge in [0.1, 0.15) is 0 Å². The van der Waals surface area contributed by atoms with E-state index in [0.29, 0.717) is 31.0 Å². The predicted molar refractivity (Wildman–Crippen MR) is 122 cm³/mol. The molecule has 31 heavy (non-hydrogen) atoms. The van der Waals surface area contributed by atoms with Crippen LogP contribution in [0.15, 0.2) is 18.2 Å². The van der Waals surface area contributed by atoms with Crippen molar-refractivity contribution in [1.29, 1.82) is 0 Å². The lowest BCUT2D eigenvalue weighted by Gasteiger charge is -2.39. The van der Waals surface area contributed by atoms with Gasteiger partial charge in [0.15, 0.2) is 5.78 Å². The van der Waals surface area contributed by atoms with Gasteiger partial charge in [0.05, 0.1) is 12.2 Å². The third-order valence-electron chi connectivity index (χ3n) is 7.22. The van der Waals surface area contributed by atoms with Crippen LogP contribution in [0.25, 0.3) is 0 Å². The van der Waals surface area contributed by atoms with Crippen molar-refractivity contribution >= 4 is 11.7 Å². The molecule has 5 heteroatoms. The Kier molecular flexibility index (Phi) is 7.44. The van der Waals surface area contributed by atoms with Crippen molar-refractivity contribution in [3.63, 3.8) is 0 Å². The van der Waals surface area contributed by atoms with Crippen LogP contribution in [-0.2, 0) is 22.4 Å². The van der Waals surface area contributed by atoms with Crippen molar-refractivity contribution in [2.24, 2.45) is 5.92 Å². The number of carbonyl (C=O) groups is 2. The number of nitrogens with zero attached hydrogens (tertiary/aromatic N) is 2. The quantitative estimate of drug-likeness (QED) is 0.648. The third-order valence-corrected chi connectivity index (χ3v) is 7.22. The molecule has 1 aromatic carbocycles. The summed E-state index contributed by atoms with van der Waals surface area (Å²) in [6.07, 6.45) is 8.04. The molecule has 2 heterocycles. The molecule has 5 nitrogen and oxygen atoms in total. The number of benzene rings is 1. The number of amides is 1. The zero-order valence-electron chi connectivity index (χ0n) is 19.3. The predicted octanol–water partition coefficient (Wildman–Crippen LogP) is 3.88. The third kappa shape index (κ3) is 5.95. The van der Waals surface area contributed by atoms with Crippen molar-refractivity contribution in [2.45, 2.75) is 77.4 Å². The fraction of sp³-hybridized carbons (Fsp3) is 0.692. The van der Waals surface area contributed by atoms with E-state index in [1.54, 1.807) is 0 Å². The maximum absolute atomic E-state index is 12.7. The molecule has 1 aromatic rings. The number of carbonyl (C=O) groups excluding carboxylic acids is 2. The van der Waals surface area contributed by atoms with Crippen LogP contribution in [0.3, 0.4) is 0 Å². The van der Waals surface area contributed by atoms with Gasteiger partial charge in [-0.15, -0.1) is 0 Å². The molecule has 2 fully saturated rings. The second kappa shape index (κ2) is 10.3. The average Bonchev–Trinajstić information content (AvgIpc) is 2.76. The smallest absolute Gasteiger partial charge is 0.223 e. The van der Waals surface area contributed by atoms with Crippen molar-refractivity contribution < 1.29 is 14.3 Å². The minimum atomic E-state index is 0.104. The Hall–Kier alpha value is -1.72. The molecule has 0 saturated carbocycles. The van der Waals surface area contributed by atoms with Gasteiger partial charge in [0.2, 0.25) is 5.91 Å². The highest BCUT2D eigenvalue weighted by Gasteiger charge is 2.28. The number of rotatable bonds is 6. The summed E-state index contributed by atoms with van der Waals surface area (Å²) in [4.78, 5) is 29.9. The Morgan fingerprint density at radius 2 is 1.65 bits per heavy atom. The Morgan fingerprint density at radius 3 is 2.35 bits per heavy atom. The highest BCUT2D eigenvalue weighted by Crippen LogP contribution is 2.24. The van der Waals surface area contributed by atoms with E-state index in [4.69, 9.17) is 4.74 Å². The van der Waals surface area contributed by atoms with Gasteiger partial charge in [-0.05, 0) is 75.5 Å². The highest BCUT2D eigenvalue weighted by molar-refractivity contribution is 5.98. The van der Waals surface area contributed by atoms with Gasteiger partial charge < -0.3 is 9.64 Å². The summed E-state index contributed by atoms with van der Waals surface area (Å²) >= 11 is 0. The van der Waals surface area contributed by atoms with Gasteiger partial charge in [-0.2, -0.15) is 0 Å². The summed E-state index contributed by atoms with van der Waals surface area (Å²) in [6.45, 7) is 9.07. The number of fused-ring (bicyclic) bond motifs is 1. The number of morpholine rings is 1. The van der Waals surface area contributed by atoms with Crippen LogP contribution in [0.5, 0.6) is 0 Å². The summed E-state index contributed by atoms with van der Waals surface area (Å²) in [5.74, 6) is 0.893. The Balaban J connectivity index is 1.20. The zero-order chi connectivity index (χ0) is 21.8. The van der Waals surface area contributed by atoms with Crippen LogP contribution >= 0.6 is 0 Å². The average molecular weight is 427 g/mol. The van der Waals surface area contributed by atoms with Gasteiger partial charge in [-0.25, -0.2) is 0 Å². The molecule has 0 spiro atoms. The summed E-state index contributed by atoms with van der Waals surface area (Å²) in [5, 5.41) is 0. The molecule has 1 aliphatic carbocycles. The second-order valence-electron chi connectivity index (χ2n) is 9.91. The van der Waals surface area contributed by atoms with E-state index in [0.717, 1.165) is 64.0 Å². The van der Waals surface area contributed by atoms with E-state index in [2.05, 4.69) is 30.9 Å². The SMILES string of the molecule is CC1CN(CC2CCN(C(=O)CCC(=O)c3ccc4c(c3)CCCC4)CC2)CC(C)O1. The molecule has 170 valence electrons. The van der Waals surface area contributed by atoms with Crippen LogP contribution in [-0.4, -0.2) is 66.4 Å². The van der Waals surface area contributed by atoms with E-state index in [9.17, 15) is 9.59 Å². The van der Waals surface area contributed by atoms with Gasteiger partial charge in [-0.3, -0.25) is 14.5 Å². The Morgan fingerprint density at radius 1 is 0.968 bits per heavy atom. The largest absolute Gasteiger partial charge is 0.373 e. The number of ether oxygens (including phenoxy) is 1. The Bertz CT molecular complexity index is 775. The monoisotopic (exact) mass is 426 g/mol. The van der Waals surface area contributed by atoms with Gasteiger partial charge in [-0.1, -0.05) is 12.1 Å². The standard InChI is InChI=1S/C26H38N2O3/c1-19-16-27(17-20(2)31-19)18-21-11-13-28(14-12-21)26(30)10-9-25(29)24-8-7-22-5-3-4-6-23(22)15-24/h7-8,15,19-21H,3-6,9-14,16-18H2,1-2H3. The van der Waals surface area contributed by atoms with Crippen LogP contribution in [0, 0.1) is 5.92 Å². The summed E-state index contributed by atoms with van der Waals surface area (Å²) in [5.41, 5.74) is 3.50. The molecule has 2 atom stereocenters. The molecule has 0 aromatic heterocycles. The number of aryl methyl sites for hydroxylation is 2. The second-order valence-corrected chi connectivity index (χ2v) is 9.91. The van der Waals surface area contributed by atoms with Crippen LogP contribution < -0.4 is 0 Å². The first kappa shape index (κ1) is 22.5. The highest BCUT2D eigenvalue weighted by atomic mass is 16.5. The Labute approximate surface area is 187 Å². The molecule has 0 N–H and O–H groups in total. The van der Waals surface area contributed by atoms with Crippen molar-refractivity contribution in [2.75, 3.05) is 32.7 Å². The van der Waals surface area contributed by atoms with Crippen LogP contribution in [0.2, 0.25) is 0 Å². The first-order valence-electron chi connectivity index (χ1n) is 12.3. The zero-order valence-corrected chi connectivity index (χ0v) is 19.3. The lowest BCUT2D eigenvalue weighted by Crippen LogP contribution is -2.48. The van der Waals surface area contributed by atoms with E-state index < -0.39 is 0 Å². The molecule has 3 aliphatic rings. The first-order chi connectivity index (χ1) is 15.0. The molecule has 2 aliphatic heterocycles. The van der Waals surface area contributed by atoms with Crippen molar-refractivity contribution in [1.82, 2.24) is 9.80 Å². The summed E-state index contributed by atoms with van der Waals surface area (Å²) in [7, 11) is 0. The number of piperidine rings is 1. The molecule has 0 radical (unpaired) electrons. The minimum absolute atomic E-state index is 0.104. The van der Waals surface area contributed by atoms with Crippen LogP contribution in [0.4, 0.5) is 0 Å². The van der Waals surface area contributed by atoms with E-state index in [-0.39, 0.29) is 11.7 Å². The molecule has 2 saturated heterocycles. The maximum Gasteiger partial charge on any atom is 0.223 e. The molecular formula is C26H38N2O3. The summed E-state index contributed by atoms with van der Waals surface area (Å²) < 4.78 is 5.84. The number of hydrogen-bond acceptors (Lipinski definition) is 4. The molecule has 0 bridgehead atoms. The topological polar surface area (TPSA) is 49.9 Å². The molecule has 4 rings (SSSR count). The van der Waals surface area contributed by atoms with Gasteiger partial charge >= 0.3 is 0 Å². The van der Waals surface area contributed by atoms with E-state index in [1.165, 1.54) is 24.0 Å². The fourth-order valence-corrected chi connectivity index (χ4v) is 5.59. The fourth-order valence-electron chi connectivity index (χ4n) is 5.59. The normalized spacial score (nSPS) is 25.3. The van der Waals surface area contributed by atoms with Crippen molar-refractivity contribution in [3.05, 3.63) is 34.9 Å². The lowest BCUT2D eigenvalue weighted by atomic mass is 9.89. The van der Waals surface area contributed by atoms with Gasteiger partial charge in [0.25, 0.3) is 0 Å². The molecule has 2 unspecified atom stereocenters. The number of ketones is 1. The minimum Gasteiger partial charge on any atom is -0.373 e. The lowest BCUT2D eigenvalue weighted by molar-refractivity contribution is -0.132. The van der Waals surface area contributed by atoms with E-state index in [1.807, 2.05) is 11.0 Å². The summed E-state index contributed by atoms with van der Waals surface area (Å²) in [6, 6.07) is 6.14. The first-order valence-corrected chi connectivity index (χ1v) is 12.3. The number of Topliss-reactive ketones (excluding diaryl/α,β-unsaturated/α-hetero) is 1. The van der Waals surface area contributed by atoms with E-state index >= 15 is 0 Å². The maximum atomic E-state index is 12.7. The van der Waals surface area contributed by atoms with Crippen molar-refractivity contribution in [3.8, 4) is 0 Å². The molecular weight excluding hydrogens is 388 g/mol. The molecule has 1 amide bonds. The number of likely N-dealkylation sites (tertiary alicyclic amines) is 1. The van der Waals surface area contributed by atoms with Gasteiger partial charge in [0, 0.05) is 51.1 Å². The number of hydrogen-bond donors (Lipinski definition) is 0. The van der Waals surface area contributed by atoms with Crippen LogP contribution in [0.1, 0.15) is 73.9 Å².